The number of anilines is 1. The van der Waals surface area contributed by atoms with Crippen molar-refractivity contribution in [2.45, 2.75) is 24.3 Å². The number of sulfonamides is 1. The summed E-state index contributed by atoms with van der Waals surface area (Å²) in [5, 5.41) is 2.92. The number of carbonyl (C=O) groups is 2. The summed E-state index contributed by atoms with van der Waals surface area (Å²) >= 11 is 6.10. The van der Waals surface area contributed by atoms with Crippen LogP contribution in [-0.4, -0.2) is 45.2 Å². The highest BCUT2D eigenvalue weighted by Crippen LogP contribution is 2.23. The van der Waals surface area contributed by atoms with E-state index in [0.29, 0.717) is 6.42 Å². The number of nitrogens with zero attached hydrogens (tertiary/aromatic N) is 2. The predicted octanol–water partition coefficient (Wildman–Crippen LogP) is 2.65. The molecule has 1 heterocycles. The lowest BCUT2D eigenvalue weighted by Gasteiger charge is -2.16. The fourth-order valence-corrected chi connectivity index (χ4v) is 4.17. The Bertz CT molecular complexity index is 1040. The van der Waals surface area contributed by atoms with Crippen molar-refractivity contribution in [3.05, 3.63) is 58.6 Å². The number of amides is 2. The molecule has 7 nitrogen and oxygen atoms in total. The molecule has 1 fully saturated rings. The summed E-state index contributed by atoms with van der Waals surface area (Å²) in [6.07, 6.45) is 1.43. The van der Waals surface area contributed by atoms with Crippen LogP contribution in [0.15, 0.2) is 47.4 Å². The van der Waals surface area contributed by atoms with E-state index in [4.69, 9.17) is 11.6 Å². The van der Waals surface area contributed by atoms with Crippen LogP contribution >= 0.6 is 11.6 Å². The zero-order chi connectivity index (χ0) is 21.2. The SMILES string of the molecule is CN(C)S(=O)(=O)c1ccc(Cl)c(C(=O)NCc2ccc(N3CCCC3=O)cc2)c1. The monoisotopic (exact) mass is 435 g/mol. The molecule has 1 saturated heterocycles. The molecule has 154 valence electrons. The summed E-state index contributed by atoms with van der Waals surface area (Å²) in [6.45, 7) is 0.966. The average molecular weight is 436 g/mol. The first-order chi connectivity index (χ1) is 13.7. The van der Waals surface area contributed by atoms with Gasteiger partial charge in [-0.05, 0) is 42.3 Å². The molecule has 1 aliphatic heterocycles. The third kappa shape index (κ3) is 4.60. The second-order valence-corrected chi connectivity index (χ2v) is 9.49. The Morgan fingerprint density at radius 2 is 1.86 bits per heavy atom. The van der Waals surface area contributed by atoms with Crippen molar-refractivity contribution in [2.24, 2.45) is 0 Å². The third-order valence-electron chi connectivity index (χ3n) is 4.74. The Kier molecular flexibility index (Phi) is 6.26. The molecule has 2 amide bonds. The van der Waals surface area contributed by atoms with Crippen molar-refractivity contribution in [3.63, 3.8) is 0 Å². The number of hydrogen-bond acceptors (Lipinski definition) is 4. The number of rotatable bonds is 6. The van der Waals surface area contributed by atoms with E-state index in [-0.39, 0.29) is 27.9 Å². The van der Waals surface area contributed by atoms with Crippen LogP contribution in [0.4, 0.5) is 5.69 Å². The maximum Gasteiger partial charge on any atom is 0.253 e. The predicted molar refractivity (Wildman–Crippen MR) is 112 cm³/mol. The first kappa shape index (κ1) is 21.3. The van der Waals surface area contributed by atoms with Gasteiger partial charge in [0.05, 0.1) is 15.5 Å². The Morgan fingerprint density at radius 1 is 1.17 bits per heavy atom. The van der Waals surface area contributed by atoms with Crippen molar-refractivity contribution < 1.29 is 18.0 Å². The van der Waals surface area contributed by atoms with Crippen LogP contribution < -0.4 is 10.2 Å². The highest BCUT2D eigenvalue weighted by molar-refractivity contribution is 7.89. The molecule has 0 saturated carbocycles. The normalized spacial score (nSPS) is 14.5. The van der Waals surface area contributed by atoms with Crippen LogP contribution in [-0.2, 0) is 21.4 Å². The largest absolute Gasteiger partial charge is 0.348 e. The third-order valence-corrected chi connectivity index (χ3v) is 6.88. The van der Waals surface area contributed by atoms with Gasteiger partial charge in [0, 0.05) is 39.3 Å². The molecule has 0 aromatic heterocycles. The Morgan fingerprint density at radius 3 is 2.45 bits per heavy atom. The Hall–Kier alpha value is -2.42. The fraction of sp³-hybridized carbons (Fsp3) is 0.300. The molecule has 0 unspecified atom stereocenters. The van der Waals surface area contributed by atoms with Gasteiger partial charge >= 0.3 is 0 Å². The zero-order valence-electron chi connectivity index (χ0n) is 16.2. The molecule has 1 N–H and O–H groups in total. The van der Waals surface area contributed by atoms with Gasteiger partial charge in [-0.25, -0.2) is 12.7 Å². The van der Waals surface area contributed by atoms with Crippen LogP contribution in [0, 0.1) is 0 Å². The van der Waals surface area contributed by atoms with E-state index in [0.717, 1.165) is 28.5 Å². The van der Waals surface area contributed by atoms with E-state index in [9.17, 15) is 18.0 Å². The Labute approximate surface area is 175 Å². The van der Waals surface area contributed by atoms with Gasteiger partial charge in [-0.1, -0.05) is 23.7 Å². The van der Waals surface area contributed by atoms with Gasteiger partial charge in [-0.3, -0.25) is 9.59 Å². The minimum atomic E-state index is -3.67. The van der Waals surface area contributed by atoms with Crippen molar-refractivity contribution in [3.8, 4) is 0 Å². The second-order valence-electron chi connectivity index (χ2n) is 6.93. The highest BCUT2D eigenvalue weighted by atomic mass is 35.5. The van der Waals surface area contributed by atoms with Crippen molar-refractivity contribution in [1.82, 2.24) is 9.62 Å². The van der Waals surface area contributed by atoms with Crippen LogP contribution in [0.3, 0.4) is 0 Å². The molecule has 1 aliphatic rings. The zero-order valence-corrected chi connectivity index (χ0v) is 17.8. The van der Waals surface area contributed by atoms with Gasteiger partial charge in [0.25, 0.3) is 5.91 Å². The molecular weight excluding hydrogens is 414 g/mol. The van der Waals surface area contributed by atoms with Gasteiger partial charge in [0.1, 0.15) is 0 Å². The van der Waals surface area contributed by atoms with Gasteiger partial charge in [0.15, 0.2) is 0 Å². The lowest BCUT2D eigenvalue weighted by Crippen LogP contribution is -2.25. The number of nitrogens with one attached hydrogen (secondary N) is 1. The molecule has 0 bridgehead atoms. The van der Waals surface area contributed by atoms with E-state index in [1.807, 2.05) is 24.3 Å². The average Bonchev–Trinajstić information content (AvgIpc) is 3.12. The van der Waals surface area contributed by atoms with Crippen LogP contribution in [0.2, 0.25) is 5.02 Å². The highest BCUT2D eigenvalue weighted by Gasteiger charge is 2.22. The number of carbonyl (C=O) groups excluding carboxylic acids is 2. The smallest absolute Gasteiger partial charge is 0.253 e. The van der Waals surface area contributed by atoms with Crippen molar-refractivity contribution >= 4 is 39.1 Å². The van der Waals surface area contributed by atoms with Gasteiger partial charge in [-0.15, -0.1) is 0 Å². The minimum absolute atomic E-state index is 0.00307. The Balaban J connectivity index is 1.70. The second kappa shape index (κ2) is 8.52. The molecule has 2 aromatic carbocycles. The summed E-state index contributed by atoms with van der Waals surface area (Å²) < 4.78 is 25.6. The molecule has 2 aromatic rings. The number of benzene rings is 2. The molecule has 9 heteroatoms. The van der Waals surface area contributed by atoms with E-state index in [1.165, 1.54) is 32.3 Å². The molecule has 29 heavy (non-hydrogen) atoms. The van der Waals surface area contributed by atoms with E-state index in [1.54, 1.807) is 4.90 Å². The van der Waals surface area contributed by atoms with Crippen LogP contribution in [0.5, 0.6) is 0 Å². The molecule has 0 radical (unpaired) electrons. The quantitative estimate of drug-likeness (QED) is 0.755. The summed E-state index contributed by atoms with van der Waals surface area (Å²) in [4.78, 5) is 26.1. The standard InChI is InChI=1S/C20H22ClN3O4S/c1-23(2)29(27,28)16-9-10-18(21)17(12-16)20(26)22-13-14-5-7-15(8-6-14)24-11-3-4-19(24)25/h5-10,12H,3-4,11,13H2,1-2H3,(H,22,26). The topological polar surface area (TPSA) is 86.8 Å². The molecule has 0 aliphatic carbocycles. The lowest BCUT2D eigenvalue weighted by molar-refractivity contribution is -0.117. The summed E-state index contributed by atoms with van der Waals surface area (Å²) in [5.74, 6) is -0.349. The lowest BCUT2D eigenvalue weighted by atomic mass is 10.1. The maximum absolute atomic E-state index is 12.6. The van der Waals surface area contributed by atoms with E-state index >= 15 is 0 Å². The number of halogens is 1. The van der Waals surface area contributed by atoms with Gasteiger partial charge in [0.2, 0.25) is 15.9 Å². The van der Waals surface area contributed by atoms with E-state index < -0.39 is 15.9 Å². The first-order valence-corrected chi connectivity index (χ1v) is 10.9. The molecule has 0 atom stereocenters. The molecule has 3 rings (SSSR count). The number of hydrogen-bond donors (Lipinski definition) is 1. The summed E-state index contributed by atoms with van der Waals surface area (Å²) in [5.41, 5.74) is 1.78. The van der Waals surface area contributed by atoms with Gasteiger partial charge < -0.3 is 10.2 Å². The first-order valence-electron chi connectivity index (χ1n) is 9.10. The van der Waals surface area contributed by atoms with Crippen LogP contribution in [0.1, 0.15) is 28.8 Å². The van der Waals surface area contributed by atoms with E-state index in [2.05, 4.69) is 5.32 Å². The summed E-state index contributed by atoms with van der Waals surface area (Å²) in [6, 6.07) is 11.4. The molecule has 0 spiro atoms. The van der Waals surface area contributed by atoms with Crippen molar-refractivity contribution in [1.29, 1.82) is 0 Å². The molecular formula is C20H22ClN3O4S. The van der Waals surface area contributed by atoms with Crippen LogP contribution in [0.25, 0.3) is 0 Å². The minimum Gasteiger partial charge on any atom is -0.348 e. The summed E-state index contributed by atoms with van der Waals surface area (Å²) in [7, 11) is -0.832. The van der Waals surface area contributed by atoms with Gasteiger partial charge in [-0.2, -0.15) is 0 Å². The fourth-order valence-electron chi connectivity index (χ4n) is 3.04. The maximum atomic E-state index is 12.6. The van der Waals surface area contributed by atoms with Crippen molar-refractivity contribution in [2.75, 3.05) is 25.5 Å².